The molecule has 2 atom stereocenters. The number of unbranched alkanes of at least 4 members (excludes halogenated alkanes) is 29. The maximum absolute atomic E-state index is 12.8. The van der Waals surface area contributed by atoms with E-state index in [1.54, 1.807) is 0 Å². The Labute approximate surface area is 523 Å². The zero-order valence-electron chi connectivity index (χ0n) is 54.5. The van der Waals surface area contributed by atoms with Crippen LogP contribution in [0.2, 0.25) is 0 Å². The maximum atomic E-state index is 12.8. The van der Waals surface area contributed by atoms with Crippen LogP contribution in [-0.2, 0) is 32.7 Å². The van der Waals surface area contributed by atoms with Crippen LogP contribution < -0.4 is 5.73 Å². The molecule has 0 rings (SSSR count). The van der Waals surface area contributed by atoms with Gasteiger partial charge in [-0.3, -0.25) is 18.6 Å². The molecule has 0 amide bonds. The van der Waals surface area contributed by atoms with E-state index in [1.807, 2.05) is 0 Å². The lowest BCUT2D eigenvalue weighted by molar-refractivity contribution is -0.161. The number of carbonyl (C=O) groups is 2. The second kappa shape index (κ2) is 69.3. The van der Waals surface area contributed by atoms with Crippen molar-refractivity contribution in [3.05, 3.63) is 134 Å². The van der Waals surface area contributed by atoms with E-state index in [4.69, 9.17) is 24.3 Å². The molecule has 0 aliphatic heterocycles. The molecule has 0 aliphatic rings. The molecule has 3 N–H and O–H groups in total. The SMILES string of the molecule is CC/C=C\C/C=C\C/C=C\C/C=C\C/C=C\C/C=C\CCCCCCCCCCCCCCCCCCCCCCC(=O)OC(COC(=O)CCCCCCCCCCC/C=C\C/C=C\C/C=C\C/C=C\C/C=C\CC)COP(=O)(O)OCCN. The number of nitrogens with two attached hydrogens (primary N) is 1. The van der Waals surface area contributed by atoms with Gasteiger partial charge in [-0.1, -0.05) is 308 Å². The second-order valence-corrected chi connectivity index (χ2v) is 24.1. The molecular weight excluding hydrogens is 1070 g/mol. The van der Waals surface area contributed by atoms with E-state index >= 15 is 0 Å². The lowest BCUT2D eigenvalue weighted by Crippen LogP contribution is -2.29. The van der Waals surface area contributed by atoms with Gasteiger partial charge in [0.15, 0.2) is 6.10 Å². The highest BCUT2D eigenvalue weighted by Gasteiger charge is 2.26. The lowest BCUT2D eigenvalue weighted by atomic mass is 10.0. The molecule has 0 radical (unpaired) electrons. The number of hydrogen-bond donors (Lipinski definition) is 2. The molecule has 0 saturated heterocycles. The smallest absolute Gasteiger partial charge is 0.462 e. The Morgan fingerprint density at radius 2 is 0.612 bits per heavy atom. The predicted molar refractivity (Wildman–Crippen MR) is 367 cm³/mol. The first-order chi connectivity index (χ1) is 41.8. The van der Waals surface area contributed by atoms with Crippen molar-refractivity contribution < 1.29 is 37.6 Å². The van der Waals surface area contributed by atoms with Crippen molar-refractivity contribution in [2.45, 2.75) is 302 Å². The van der Waals surface area contributed by atoms with E-state index in [2.05, 4.69) is 148 Å². The minimum atomic E-state index is -4.40. The van der Waals surface area contributed by atoms with E-state index in [9.17, 15) is 19.0 Å². The summed E-state index contributed by atoms with van der Waals surface area (Å²) in [4.78, 5) is 35.3. The predicted octanol–water partition coefficient (Wildman–Crippen LogP) is 22.9. The number of phosphoric acid groups is 1. The minimum Gasteiger partial charge on any atom is -0.462 e. The molecule has 0 heterocycles. The van der Waals surface area contributed by atoms with Crippen LogP contribution in [0.15, 0.2) is 134 Å². The van der Waals surface area contributed by atoms with Crippen molar-refractivity contribution in [1.82, 2.24) is 0 Å². The standard InChI is InChI=1S/C75H128NO8P/c1-3-5-7-9-11-13-15-17-19-21-23-25-27-29-30-31-32-33-34-35-36-37-38-39-40-41-42-44-46-48-50-52-54-56-58-60-62-64-66-68-75(78)84-73(72-83-85(79,80)82-70-69-76)71-81-74(77)67-65-63-61-59-57-55-53-51-49-47-45-43-28-26-24-22-20-18-16-14-12-10-8-6-4-2/h5-8,11-14,17-20,23-26,29-30,32-33,43,45,73H,3-4,9-10,15-16,21-22,27-28,31,34-42,44,46-72,76H2,1-2H3,(H,79,80)/b7-5-,8-6-,13-11-,14-12-,19-17-,20-18-,25-23-,26-24-,30-29-,33-32-,45-43-. The van der Waals surface area contributed by atoms with Gasteiger partial charge in [-0.2, -0.15) is 0 Å². The van der Waals surface area contributed by atoms with E-state index in [-0.39, 0.29) is 38.6 Å². The third-order valence-electron chi connectivity index (χ3n) is 14.5. The fourth-order valence-electron chi connectivity index (χ4n) is 9.49. The molecule has 0 aromatic carbocycles. The van der Waals surface area contributed by atoms with Gasteiger partial charge in [0, 0.05) is 19.4 Å². The van der Waals surface area contributed by atoms with Crippen molar-refractivity contribution in [2.75, 3.05) is 26.4 Å². The zero-order chi connectivity index (χ0) is 61.6. The van der Waals surface area contributed by atoms with E-state index in [0.717, 1.165) is 122 Å². The van der Waals surface area contributed by atoms with Gasteiger partial charge < -0.3 is 20.1 Å². The quantitative estimate of drug-likeness (QED) is 0.0264. The summed E-state index contributed by atoms with van der Waals surface area (Å²) in [5.74, 6) is -0.831. The highest BCUT2D eigenvalue weighted by Crippen LogP contribution is 2.43. The van der Waals surface area contributed by atoms with Crippen LogP contribution >= 0.6 is 7.82 Å². The highest BCUT2D eigenvalue weighted by atomic mass is 31.2. The number of allylic oxidation sites excluding steroid dienone is 22. The second-order valence-electron chi connectivity index (χ2n) is 22.6. The fourth-order valence-corrected chi connectivity index (χ4v) is 10.3. The summed E-state index contributed by atoms with van der Waals surface area (Å²) in [5.41, 5.74) is 5.40. The van der Waals surface area contributed by atoms with Crippen LogP contribution in [-0.4, -0.2) is 49.3 Å². The summed E-state index contributed by atoms with van der Waals surface area (Å²) in [7, 11) is -4.40. The van der Waals surface area contributed by atoms with Gasteiger partial charge in [-0.05, 0) is 109 Å². The van der Waals surface area contributed by atoms with Gasteiger partial charge in [0.2, 0.25) is 0 Å². The minimum absolute atomic E-state index is 0.0484. The first-order valence-corrected chi connectivity index (χ1v) is 36.2. The van der Waals surface area contributed by atoms with E-state index < -0.39 is 26.5 Å². The fraction of sp³-hybridized carbons (Fsp3) is 0.680. The summed E-state index contributed by atoms with van der Waals surface area (Å²) in [5, 5.41) is 0. The van der Waals surface area contributed by atoms with Crippen LogP contribution in [0.1, 0.15) is 296 Å². The topological polar surface area (TPSA) is 134 Å². The maximum Gasteiger partial charge on any atom is 0.472 e. The molecule has 9 nitrogen and oxygen atoms in total. The molecular formula is C75H128NO8P. The van der Waals surface area contributed by atoms with Crippen LogP contribution in [0, 0.1) is 0 Å². The molecule has 0 spiro atoms. The van der Waals surface area contributed by atoms with Crippen molar-refractivity contribution in [2.24, 2.45) is 5.73 Å². The number of hydrogen-bond acceptors (Lipinski definition) is 8. The summed E-state index contributed by atoms with van der Waals surface area (Å²) in [6, 6.07) is 0. The average molecular weight is 1200 g/mol. The summed E-state index contributed by atoms with van der Waals surface area (Å²) in [6.07, 6.45) is 98.3. The Hall–Kier alpha value is -3.85. The average Bonchev–Trinajstić information content (AvgIpc) is 3.53. The first-order valence-electron chi connectivity index (χ1n) is 34.7. The van der Waals surface area contributed by atoms with Gasteiger partial charge in [0.05, 0.1) is 13.2 Å². The van der Waals surface area contributed by atoms with Crippen molar-refractivity contribution in [1.29, 1.82) is 0 Å². The van der Waals surface area contributed by atoms with E-state index in [1.165, 1.54) is 141 Å². The molecule has 0 saturated carbocycles. The van der Waals surface area contributed by atoms with Gasteiger partial charge in [-0.15, -0.1) is 0 Å². The van der Waals surface area contributed by atoms with Gasteiger partial charge in [0.1, 0.15) is 6.61 Å². The van der Waals surface area contributed by atoms with Crippen LogP contribution in [0.4, 0.5) is 0 Å². The highest BCUT2D eigenvalue weighted by molar-refractivity contribution is 7.47. The number of phosphoric ester groups is 1. The molecule has 486 valence electrons. The van der Waals surface area contributed by atoms with Crippen molar-refractivity contribution in [3.63, 3.8) is 0 Å². The number of rotatable bonds is 64. The summed E-state index contributed by atoms with van der Waals surface area (Å²) >= 11 is 0. The largest absolute Gasteiger partial charge is 0.472 e. The van der Waals surface area contributed by atoms with Crippen molar-refractivity contribution in [3.8, 4) is 0 Å². The lowest BCUT2D eigenvalue weighted by Gasteiger charge is -2.19. The Kier molecular flexibility index (Phi) is 66.1. The third kappa shape index (κ3) is 69.1. The molecule has 0 bridgehead atoms. The Bertz CT molecular complexity index is 1860. The Balaban J connectivity index is 3.87. The summed E-state index contributed by atoms with van der Waals surface area (Å²) in [6.45, 7) is 3.53. The normalized spacial score (nSPS) is 13.8. The monoisotopic (exact) mass is 1200 g/mol. The molecule has 0 aliphatic carbocycles. The van der Waals surface area contributed by atoms with Crippen molar-refractivity contribution >= 4 is 19.8 Å². The van der Waals surface area contributed by atoms with Crippen LogP contribution in [0.25, 0.3) is 0 Å². The first kappa shape index (κ1) is 81.2. The molecule has 85 heavy (non-hydrogen) atoms. The van der Waals surface area contributed by atoms with Crippen LogP contribution in [0.3, 0.4) is 0 Å². The zero-order valence-corrected chi connectivity index (χ0v) is 55.4. The molecule has 10 heteroatoms. The molecule has 2 unspecified atom stereocenters. The van der Waals surface area contributed by atoms with E-state index in [0.29, 0.717) is 6.42 Å². The number of esters is 2. The summed E-state index contributed by atoms with van der Waals surface area (Å²) < 4.78 is 33.2. The number of ether oxygens (including phenoxy) is 2. The van der Waals surface area contributed by atoms with Gasteiger partial charge in [-0.25, -0.2) is 4.57 Å². The number of carbonyl (C=O) groups excluding carboxylic acids is 2. The molecule has 0 aromatic heterocycles. The Morgan fingerprint density at radius 1 is 0.353 bits per heavy atom. The molecule has 0 aromatic rings. The Morgan fingerprint density at radius 3 is 0.906 bits per heavy atom. The molecule has 0 fully saturated rings. The third-order valence-corrected chi connectivity index (χ3v) is 15.5. The van der Waals surface area contributed by atoms with Gasteiger partial charge >= 0.3 is 19.8 Å². The van der Waals surface area contributed by atoms with Gasteiger partial charge in [0.25, 0.3) is 0 Å². The van der Waals surface area contributed by atoms with Crippen LogP contribution in [0.5, 0.6) is 0 Å².